The summed E-state index contributed by atoms with van der Waals surface area (Å²) in [6.45, 7) is 4.76. The molecule has 5 nitrogen and oxygen atoms in total. The van der Waals surface area contributed by atoms with Crippen LogP contribution in [0.15, 0.2) is 48.5 Å². The zero-order valence-electron chi connectivity index (χ0n) is 16.9. The fourth-order valence-corrected chi connectivity index (χ4v) is 5.04. The summed E-state index contributed by atoms with van der Waals surface area (Å²) >= 11 is 0. The quantitative estimate of drug-likeness (QED) is 0.805. The molecule has 150 valence electrons. The number of carbonyl (C=O) groups is 2. The number of para-hydroxylation sites is 1. The van der Waals surface area contributed by atoms with E-state index < -0.39 is 0 Å². The summed E-state index contributed by atoms with van der Waals surface area (Å²) in [6.07, 6.45) is 3.66. The van der Waals surface area contributed by atoms with Crippen molar-refractivity contribution in [2.75, 3.05) is 34.3 Å². The van der Waals surface area contributed by atoms with E-state index in [1.54, 1.807) is 4.90 Å². The van der Waals surface area contributed by atoms with Crippen molar-refractivity contribution in [2.45, 2.75) is 38.6 Å². The molecule has 3 heterocycles. The van der Waals surface area contributed by atoms with Crippen LogP contribution >= 0.6 is 0 Å². The molecule has 0 N–H and O–H groups in total. The average molecular weight is 389 g/mol. The van der Waals surface area contributed by atoms with E-state index in [9.17, 15) is 9.59 Å². The Morgan fingerprint density at radius 1 is 0.931 bits per heavy atom. The number of rotatable bonds is 3. The second-order valence-corrected chi connectivity index (χ2v) is 8.51. The molecular formula is C24H27N3O2. The van der Waals surface area contributed by atoms with Gasteiger partial charge in [0, 0.05) is 49.2 Å². The summed E-state index contributed by atoms with van der Waals surface area (Å²) in [6, 6.07) is 16.5. The second kappa shape index (κ2) is 7.21. The molecule has 0 spiro atoms. The lowest BCUT2D eigenvalue weighted by Crippen LogP contribution is -2.41. The summed E-state index contributed by atoms with van der Waals surface area (Å²) in [7, 11) is 0. The zero-order chi connectivity index (χ0) is 20.0. The topological polar surface area (TPSA) is 43.9 Å². The van der Waals surface area contributed by atoms with Crippen LogP contribution in [-0.2, 0) is 16.0 Å². The first-order chi connectivity index (χ1) is 14.1. The molecule has 2 fully saturated rings. The van der Waals surface area contributed by atoms with Crippen LogP contribution in [0.5, 0.6) is 0 Å². The monoisotopic (exact) mass is 389 g/mol. The van der Waals surface area contributed by atoms with Crippen LogP contribution < -0.4 is 14.7 Å². The van der Waals surface area contributed by atoms with E-state index in [4.69, 9.17) is 0 Å². The van der Waals surface area contributed by atoms with Crippen molar-refractivity contribution >= 4 is 28.9 Å². The van der Waals surface area contributed by atoms with Gasteiger partial charge in [-0.2, -0.15) is 0 Å². The maximum atomic E-state index is 13.3. The Bertz CT molecular complexity index is 933. The van der Waals surface area contributed by atoms with Gasteiger partial charge in [0.25, 0.3) is 0 Å². The first kappa shape index (κ1) is 18.2. The van der Waals surface area contributed by atoms with E-state index >= 15 is 0 Å². The van der Waals surface area contributed by atoms with Gasteiger partial charge in [0.2, 0.25) is 11.8 Å². The van der Waals surface area contributed by atoms with E-state index in [0.717, 1.165) is 30.9 Å². The molecule has 0 aromatic heterocycles. The van der Waals surface area contributed by atoms with Crippen molar-refractivity contribution in [1.29, 1.82) is 0 Å². The van der Waals surface area contributed by atoms with Gasteiger partial charge in [0.15, 0.2) is 0 Å². The Labute approximate surface area is 171 Å². The molecule has 2 amide bonds. The van der Waals surface area contributed by atoms with E-state index in [1.165, 1.54) is 24.1 Å². The molecule has 3 aliphatic heterocycles. The number of anilines is 3. The van der Waals surface area contributed by atoms with E-state index in [2.05, 4.69) is 30.0 Å². The minimum absolute atomic E-state index is 0.0393. The highest BCUT2D eigenvalue weighted by atomic mass is 16.2. The highest BCUT2D eigenvalue weighted by Crippen LogP contribution is 2.35. The summed E-state index contributed by atoms with van der Waals surface area (Å²) in [5.74, 6) is -0.168. The van der Waals surface area contributed by atoms with E-state index in [1.807, 2.05) is 35.2 Å². The third kappa shape index (κ3) is 3.18. The van der Waals surface area contributed by atoms with Crippen LogP contribution in [-0.4, -0.2) is 37.5 Å². The molecule has 0 aliphatic carbocycles. The van der Waals surface area contributed by atoms with Gasteiger partial charge in [0.05, 0.1) is 5.92 Å². The average Bonchev–Trinajstić information content (AvgIpc) is 3.45. The number of amides is 2. The molecular weight excluding hydrogens is 362 g/mol. The van der Waals surface area contributed by atoms with E-state index in [-0.39, 0.29) is 30.2 Å². The Morgan fingerprint density at radius 3 is 2.38 bits per heavy atom. The predicted octanol–water partition coefficient (Wildman–Crippen LogP) is 3.62. The number of nitrogens with zero attached hydrogens (tertiary/aromatic N) is 3. The highest BCUT2D eigenvalue weighted by Gasteiger charge is 2.41. The Morgan fingerprint density at radius 2 is 1.62 bits per heavy atom. The van der Waals surface area contributed by atoms with Crippen LogP contribution in [0.25, 0.3) is 0 Å². The van der Waals surface area contributed by atoms with Crippen molar-refractivity contribution in [2.24, 2.45) is 5.92 Å². The molecule has 0 radical (unpaired) electrons. The largest absolute Gasteiger partial charge is 0.372 e. The van der Waals surface area contributed by atoms with Gasteiger partial charge in [-0.1, -0.05) is 18.2 Å². The summed E-state index contributed by atoms with van der Waals surface area (Å²) in [5.41, 5.74) is 4.33. The summed E-state index contributed by atoms with van der Waals surface area (Å²) < 4.78 is 0. The standard InChI is InChI=1S/C24H27N3O2/c1-17-14-18-6-2-3-7-22(18)27(17)24(29)19-15-23(28)26(16-19)21-10-8-20(9-11-21)25-12-4-5-13-25/h2-3,6-11,17,19H,4-5,12-16H2,1H3. The lowest BCUT2D eigenvalue weighted by Gasteiger charge is -2.26. The van der Waals surface area contributed by atoms with Gasteiger partial charge in [0.1, 0.15) is 0 Å². The van der Waals surface area contributed by atoms with Crippen LogP contribution in [0.2, 0.25) is 0 Å². The second-order valence-electron chi connectivity index (χ2n) is 8.51. The molecule has 2 aromatic carbocycles. The van der Waals surface area contributed by atoms with Crippen LogP contribution in [0.4, 0.5) is 17.1 Å². The predicted molar refractivity (Wildman–Crippen MR) is 115 cm³/mol. The molecule has 2 aromatic rings. The lowest BCUT2D eigenvalue weighted by atomic mass is 10.1. The molecule has 5 heteroatoms. The van der Waals surface area contributed by atoms with Gasteiger partial charge in [-0.3, -0.25) is 9.59 Å². The molecule has 29 heavy (non-hydrogen) atoms. The van der Waals surface area contributed by atoms with Crippen LogP contribution in [0.3, 0.4) is 0 Å². The zero-order valence-corrected chi connectivity index (χ0v) is 16.9. The summed E-state index contributed by atoms with van der Waals surface area (Å²) in [5, 5.41) is 0. The maximum Gasteiger partial charge on any atom is 0.232 e. The molecule has 2 unspecified atom stereocenters. The first-order valence-electron chi connectivity index (χ1n) is 10.7. The fourth-order valence-electron chi connectivity index (χ4n) is 5.04. The van der Waals surface area contributed by atoms with Gasteiger partial charge >= 0.3 is 0 Å². The molecule has 0 saturated carbocycles. The van der Waals surface area contributed by atoms with E-state index in [0.29, 0.717) is 6.54 Å². The van der Waals surface area contributed by atoms with Crippen molar-refractivity contribution in [3.05, 3.63) is 54.1 Å². The Balaban J connectivity index is 1.32. The van der Waals surface area contributed by atoms with Gasteiger partial charge in [-0.05, 0) is 62.1 Å². The van der Waals surface area contributed by atoms with Gasteiger partial charge < -0.3 is 14.7 Å². The van der Waals surface area contributed by atoms with Gasteiger partial charge in [-0.15, -0.1) is 0 Å². The Hall–Kier alpha value is -2.82. The van der Waals surface area contributed by atoms with Crippen molar-refractivity contribution < 1.29 is 9.59 Å². The van der Waals surface area contributed by atoms with Crippen molar-refractivity contribution in [3.63, 3.8) is 0 Å². The number of hydrogen-bond donors (Lipinski definition) is 0. The van der Waals surface area contributed by atoms with Crippen LogP contribution in [0.1, 0.15) is 31.7 Å². The minimum atomic E-state index is -0.283. The fraction of sp³-hybridized carbons (Fsp3) is 0.417. The molecule has 2 atom stereocenters. The third-order valence-electron chi connectivity index (χ3n) is 6.55. The highest BCUT2D eigenvalue weighted by molar-refractivity contribution is 6.05. The normalized spacial score (nSPS) is 23.8. The molecule has 2 saturated heterocycles. The number of carbonyl (C=O) groups excluding carboxylic acids is 2. The van der Waals surface area contributed by atoms with Crippen LogP contribution in [0, 0.1) is 5.92 Å². The van der Waals surface area contributed by atoms with Gasteiger partial charge in [-0.25, -0.2) is 0 Å². The number of benzene rings is 2. The maximum absolute atomic E-state index is 13.3. The number of hydrogen-bond acceptors (Lipinski definition) is 3. The summed E-state index contributed by atoms with van der Waals surface area (Å²) in [4.78, 5) is 32.1. The van der Waals surface area contributed by atoms with Crippen molar-refractivity contribution in [1.82, 2.24) is 0 Å². The molecule has 0 bridgehead atoms. The molecule has 5 rings (SSSR count). The lowest BCUT2D eigenvalue weighted by molar-refractivity contribution is -0.124. The smallest absolute Gasteiger partial charge is 0.232 e. The SMILES string of the molecule is CC1Cc2ccccc2N1C(=O)C1CC(=O)N(c2ccc(N3CCCC3)cc2)C1. The minimum Gasteiger partial charge on any atom is -0.372 e. The third-order valence-corrected chi connectivity index (χ3v) is 6.55. The number of fused-ring (bicyclic) bond motifs is 1. The molecule has 3 aliphatic rings. The van der Waals surface area contributed by atoms with Crippen molar-refractivity contribution in [3.8, 4) is 0 Å². The first-order valence-corrected chi connectivity index (χ1v) is 10.7. The Kier molecular flexibility index (Phi) is 4.53.